The van der Waals surface area contributed by atoms with Gasteiger partial charge in [-0.25, -0.2) is 0 Å². The summed E-state index contributed by atoms with van der Waals surface area (Å²) in [7, 11) is 0. The molecule has 1 heterocycles. The van der Waals surface area contributed by atoms with E-state index >= 15 is 0 Å². The van der Waals surface area contributed by atoms with Gasteiger partial charge in [-0.3, -0.25) is 4.79 Å². The van der Waals surface area contributed by atoms with E-state index in [0.717, 1.165) is 31.1 Å². The van der Waals surface area contributed by atoms with Gasteiger partial charge >= 0.3 is 0 Å². The average Bonchev–Trinajstić information content (AvgIpc) is 2.92. The predicted molar refractivity (Wildman–Crippen MR) is 76.5 cm³/mol. The van der Waals surface area contributed by atoms with Crippen molar-refractivity contribution in [3.05, 3.63) is 24.3 Å². The maximum atomic E-state index is 11.8. The van der Waals surface area contributed by atoms with E-state index < -0.39 is 0 Å². The first-order chi connectivity index (χ1) is 9.28. The molecule has 1 N–H and O–H groups in total. The molecule has 0 bridgehead atoms. The standard InChI is InChI=1S/C15H22N2O2/c1-2-19-14-7-5-13(6-8-14)16-15(18)9-12-17-10-3-4-11-17/h5-8H,2-4,9-12H2,1H3,(H,16,18). The average molecular weight is 262 g/mol. The summed E-state index contributed by atoms with van der Waals surface area (Å²) in [6, 6.07) is 7.50. The molecular formula is C15H22N2O2. The van der Waals surface area contributed by atoms with Gasteiger partial charge in [-0.15, -0.1) is 0 Å². The monoisotopic (exact) mass is 262 g/mol. The number of benzene rings is 1. The summed E-state index contributed by atoms with van der Waals surface area (Å²) >= 11 is 0. The molecule has 2 rings (SSSR count). The molecule has 0 spiro atoms. The molecule has 0 unspecified atom stereocenters. The van der Waals surface area contributed by atoms with Gasteiger partial charge in [0.05, 0.1) is 6.61 Å². The summed E-state index contributed by atoms with van der Waals surface area (Å²) in [6.45, 7) is 5.74. The van der Waals surface area contributed by atoms with Crippen LogP contribution in [0.25, 0.3) is 0 Å². The number of rotatable bonds is 6. The van der Waals surface area contributed by atoms with Gasteiger partial charge < -0.3 is 15.0 Å². The van der Waals surface area contributed by atoms with Crippen molar-refractivity contribution in [1.82, 2.24) is 4.90 Å². The molecule has 1 aromatic rings. The van der Waals surface area contributed by atoms with Crippen molar-refractivity contribution in [3.63, 3.8) is 0 Å². The highest BCUT2D eigenvalue weighted by molar-refractivity contribution is 5.90. The molecule has 1 aliphatic heterocycles. The maximum absolute atomic E-state index is 11.8. The van der Waals surface area contributed by atoms with Crippen LogP contribution in [0.3, 0.4) is 0 Å². The molecule has 0 radical (unpaired) electrons. The minimum absolute atomic E-state index is 0.0797. The summed E-state index contributed by atoms with van der Waals surface area (Å²) in [6.07, 6.45) is 3.09. The van der Waals surface area contributed by atoms with E-state index in [9.17, 15) is 4.79 Å². The van der Waals surface area contributed by atoms with Crippen LogP contribution >= 0.6 is 0 Å². The van der Waals surface area contributed by atoms with Crippen molar-refractivity contribution in [3.8, 4) is 5.75 Å². The molecule has 1 saturated heterocycles. The van der Waals surface area contributed by atoms with Crippen LogP contribution in [0.1, 0.15) is 26.2 Å². The molecule has 0 aromatic heterocycles. The second-order valence-electron chi connectivity index (χ2n) is 4.80. The summed E-state index contributed by atoms with van der Waals surface area (Å²) in [4.78, 5) is 14.2. The molecule has 4 heteroatoms. The van der Waals surface area contributed by atoms with E-state index in [4.69, 9.17) is 4.74 Å². The van der Waals surface area contributed by atoms with Crippen LogP contribution < -0.4 is 10.1 Å². The van der Waals surface area contributed by atoms with E-state index in [1.807, 2.05) is 31.2 Å². The molecule has 1 fully saturated rings. The molecule has 19 heavy (non-hydrogen) atoms. The fourth-order valence-corrected chi connectivity index (χ4v) is 2.29. The molecule has 104 valence electrons. The number of carbonyl (C=O) groups is 1. The van der Waals surface area contributed by atoms with E-state index in [2.05, 4.69) is 10.2 Å². The van der Waals surface area contributed by atoms with Crippen molar-refractivity contribution in [2.24, 2.45) is 0 Å². The quantitative estimate of drug-likeness (QED) is 0.856. The Kier molecular flexibility index (Phi) is 5.21. The first kappa shape index (κ1) is 13.9. The Morgan fingerprint density at radius 2 is 1.95 bits per heavy atom. The third-order valence-electron chi connectivity index (χ3n) is 3.30. The zero-order chi connectivity index (χ0) is 13.5. The number of amides is 1. The maximum Gasteiger partial charge on any atom is 0.225 e. The Morgan fingerprint density at radius 3 is 2.58 bits per heavy atom. The van der Waals surface area contributed by atoms with Gasteiger partial charge in [-0.1, -0.05) is 0 Å². The van der Waals surface area contributed by atoms with E-state index in [0.29, 0.717) is 13.0 Å². The van der Waals surface area contributed by atoms with Crippen LogP contribution in [-0.2, 0) is 4.79 Å². The minimum atomic E-state index is 0.0797. The first-order valence-electron chi connectivity index (χ1n) is 7.03. The topological polar surface area (TPSA) is 41.6 Å². The molecule has 0 saturated carbocycles. The van der Waals surface area contributed by atoms with Gasteiger partial charge in [0.15, 0.2) is 0 Å². The number of hydrogen-bond donors (Lipinski definition) is 1. The summed E-state index contributed by atoms with van der Waals surface area (Å²) < 4.78 is 5.36. The molecule has 0 aliphatic carbocycles. The molecular weight excluding hydrogens is 240 g/mol. The molecule has 1 amide bonds. The number of hydrogen-bond acceptors (Lipinski definition) is 3. The lowest BCUT2D eigenvalue weighted by Gasteiger charge is -2.14. The lowest BCUT2D eigenvalue weighted by atomic mass is 10.3. The summed E-state index contributed by atoms with van der Waals surface area (Å²) in [5, 5.41) is 2.91. The number of nitrogens with zero attached hydrogens (tertiary/aromatic N) is 1. The van der Waals surface area contributed by atoms with Crippen molar-refractivity contribution in [2.75, 3.05) is 31.6 Å². The van der Waals surface area contributed by atoms with Gasteiger partial charge in [-0.2, -0.15) is 0 Å². The Hall–Kier alpha value is -1.55. The number of nitrogens with one attached hydrogen (secondary N) is 1. The zero-order valence-electron chi connectivity index (χ0n) is 11.5. The fourth-order valence-electron chi connectivity index (χ4n) is 2.29. The number of ether oxygens (including phenoxy) is 1. The van der Waals surface area contributed by atoms with Crippen LogP contribution in [-0.4, -0.2) is 37.0 Å². The molecule has 1 aliphatic rings. The van der Waals surface area contributed by atoms with E-state index in [1.165, 1.54) is 12.8 Å². The summed E-state index contributed by atoms with van der Waals surface area (Å²) in [5.74, 6) is 0.911. The third kappa shape index (κ3) is 4.56. The summed E-state index contributed by atoms with van der Waals surface area (Å²) in [5.41, 5.74) is 0.829. The molecule has 0 atom stereocenters. The van der Waals surface area contributed by atoms with Crippen LogP contribution in [0.5, 0.6) is 5.75 Å². The Bertz CT molecular complexity index is 397. The van der Waals surface area contributed by atoms with Crippen LogP contribution in [0.15, 0.2) is 24.3 Å². The highest BCUT2D eigenvalue weighted by Crippen LogP contribution is 2.16. The smallest absolute Gasteiger partial charge is 0.225 e. The highest BCUT2D eigenvalue weighted by Gasteiger charge is 2.12. The van der Waals surface area contributed by atoms with Crippen molar-refractivity contribution >= 4 is 11.6 Å². The second kappa shape index (κ2) is 7.14. The Balaban J connectivity index is 1.74. The van der Waals surface area contributed by atoms with Crippen molar-refractivity contribution < 1.29 is 9.53 Å². The van der Waals surface area contributed by atoms with Crippen LogP contribution in [0.2, 0.25) is 0 Å². The fraction of sp³-hybridized carbons (Fsp3) is 0.533. The van der Waals surface area contributed by atoms with Gasteiger partial charge in [0.1, 0.15) is 5.75 Å². The van der Waals surface area contributed by atoms with Gasteiger partial charge in [-0.05, 0) is 57.1 Å². The van der Waals surface area contributed by atoms with Crippen LogP contribution in [0, 0.1) is 0 Å². The lowest BCUT2D eigenvalue weighted by Crippen LogP contribution is -2.25. The minimum Gasteiger partial charge on any atom is -0.494 e. The Morgan fingerprint density at radius 1 is 1.26 bits per heavy atom. The normalized spacial score (nSPS) is 15.4. The lowest BCUT2D eigenvalue weighted by molar-refractivity contribution is -0.116. The Labute approximate surface area is 114 Å². The van der Waals surface area contributed by atoms with Gasteiger partial charge in [0, 0.05) is 18.7 Å². The zero-order valence-corrected chi connectivity index (χ0v) is 11.5. The van der Waals surface area contributed by atoms with Crippen molar-refractivity contribution in [1.29, 1.82) is 0 Å². The highest BCUT2D eigenvalue weighted by atomic mass is 16.5. The molecule has 1 aromatic carbocycles. The SMILES string of the molecule is CCOc1ccc(NC(=O)CCN2CCCC2)cc1. The number of likely N-dealkylation sites (tertiary alicyclic amines) is 1. The van der Waals surface area contributed by atoms with E-state index in [-0.39, 0.29) is 5.91 Å². The second-order valence-corrected chi connectivity index (χ2v) is 4.80. The predicted octanol–water partition coefficient (Wildman–Crippen LogP) is 2.51. The third-order valence-corrected chi connectivity index (χ3v) is 3.30. The first-order valence-corrected chi connectivity index (χ1v) is 7.03. The van der Waals surface area contributed by atoms with Crippen LogP contribution in [0.4, 0.5) is 5.69 Å². The number of anilines is 1. The van der Waals surface area contributed by atoms with E-state index in [1.54, 1.807) is 0 Å². The van der Waals surface area contributed by atoms with Crippen molar-refractivity contribution in [2.45, 2.75) is 26.2 Å². The number of carbonyl (C=O) groups excluding carboxylic acids is 1. The molecule has 4 nitrogen and oxygen atoms in total. The van der Waals surface area contributed by atoms with Gasteiger partial charge in [0.2, 0.25) is 5.91 Å². The largest absolute Gasteiger partial charge is 0.494 e. The van der Waals surface area contributed by atoms with Gasteiger partial charge in [0.25, 0.3) is 0 Å².